The summed E-state index contributed by atoms with van der Waals surface area (Å²) in [4.78, 5) is 0. The predicted octanol–water partition coefficient (Wildman–Crippen LogP) is 3.88. The number of nitriles is 1. The van der Waals surface area contributed by atoms with Gasteiger partial charge in [-0.2, -0.15) is 5.26 Å². The highest BCUT2D eigenvalue weighted by molar-refractivity contribution is 6.21. The quantitative estimate of drug-likeness (QED) is 0.702. The third kappa shape index (κ3) is 3.36. The lowest BCUT2D eigenvalue weighted by Crippen LogP contribution is -2.37. The van der Waals surface area contributed by atoms with Crippen LogP contribution in [0.1, 0.15) is 51.9 Å². The Morgan fingerprint density at radius 2 is 1.82 bits per heavy atom. The molecule has 2 rings (SSSR count). The Bertz CT molecular complexity index is 280. The maximum absolute atomic E-state index is 9.19. The number of hydrogen-bond donors (Lipinski definition) is 0. The highest BCUT2D eigenvalue weighted by Crippen LogP contribution is 2.34. The average Bonchev–Trinajstić information content (AvgIpc) is 2.32. The van der Waals surface area contributed by atoms with Crippen LogP contribution in [0.5, 0.6) is 0 Å². The molecule has 2 aliphatic rings. The van der Waals surface area contributed by atoms with Gasteiger partial charge in [0.2, 0.25) is 0 Å². The Balaban J connectivity index is 1.87. The van der Waals surface area contributed by atoms with E-state index in [1.807, 2.05) is 0 Å². The Kier molecular flexibility index (Phi) is 4.70. The van der Waals surface area contributed by atoms with Crippen LogP contribution in [0.3, 0.4) is 0 Å². The summed E-state index contributed by atoms with van der Waals surface area (Å²) in [6.45, 7) is 2.31. The summed E-state index contributed by atoms with van der Waals surface area (Å²) >= 11 is 6.22. The molecular formula is C14H22ClNO. The van der Waals surface area contributed by atoms with Gasteiger partial charge < -0.3 is 4.74 Å². The van der Waals surface area contributed by atoms with Gasteiger partial charge in [0.1, 0.15) is 0 Å². The zero-order valence-corrected chi connectivity index (χ0v) is 11.3. The number of ether oxygens (including phenoxy) is 1. The zero-order chi connectivity index (χ0) is 12.3. The highest BCUT2D eigenvalue weighted by Gasteiger charge is 2.35. The number of rotatable bonds is 2. The van der Waals surface area contributed by atoms with Gasteiger partial charge in [0.15, 0.2) is 0 Å². The molecule has 3 heteroatoms. The maximum atomic E-state index is 9.19. The van der Waals surface area contributed by atoms with Crippen molar-refractivity contribution >= 4 is 11.6 Å². The molecule has 0 amide bonds. The van der Waals surface area contributed by atoms with Crippen molar-refractivity contribution in [3.05, 3.63) is 0 Å². The lowest BCUT2D eigenvalue weighted by atomic mass is 9.85. The lowest BCUT2D eigenvalue weighted by Gasteiger charge is -2.35. The predicted molar refractivity (Wildman–Crippen MR) is 68.9 cm³/mol. The molecule has 0 aliphatic heterocycles. The molecule has 0 N–H and O–H groups in total. The summed E-state index contributed by atoms with van der Waals surface area (Å²) in [6, 6.07) is 2.35. The molecule has 0 bridgehead atoms. The van der Waals surface area contributed by atoms with E-state index in [0.717, 1.165) is 38.0 Å². The molecular weight excluding hydrogens is 234 g/mol. The number of alkyl halides is 1. The second kappa shape index (κ2) is 6.07. The molecule has 17 heavy (non-hydrogen) atoms. The van der Waals surface area contributed by atoms with Crippen molar-refractivity contribution in [1.82, 2.24) is 0 Å². The smallest absolute Gasteiger partial charge is 0.0888 e. The largest absolute Gasteiger partial charge is 0.374 e. The Morgan fingerprint density at radius 3 is 2.47 bits per heavy atom. The zero-order valence-electron chi connectivity index (χ0n) is 10.6. The van der Waals surface area contributed by atoms with Gasteiger partial charge in [-0.3, -0.25) is 0 Å². The molecule has 2 aliphatic carbocycles. The molecule has 2 saturated carbocycles. The molecule has 2 nitrogen and oxygen atoms in total. The standard InChI is InChI=1S/C14H22ClNO/c1-10-5-7-11(8-6-10)17-14-4-2-3-13(15)12(14)9-16/h10-14H,2-8H2,1H3. The second-order valence-electron chi connectivity index (χ2n) is 5.66. The van der Waals surface area contributed by atoms with E-state index in [2.05, 4.69) is 13.0 Å². The normalized spacial score (nSPS) is 43.0. The van der Waals surface area contributed by atoms with Crippen LogP contribution in [0.4, 0.5) is 0 Å². The van der Waals surface area contributed by atoms with Crippen molar-refractivity contribution in [1.29, 1.82) is 5.26 Å². The Morgan fingerprint density at radius 1 is 1.12 bits per heavy atom. The van der Waals surface area contributed by atoms with E-state index in [9.17, 15) is 5.26 Å². The second-order valence-corrected chi connectivity index (χ2v) is 6.22. The van der Waals surface area contributed by atoms with Gasteiger partial charge in [-0.05, 0) is 50.9 Å². The molecule has 0 aromatic rings. The van der Waals surface area contributed by atoms with Crippen LogP contribution in [-0.2, 0) is 4.74 Å². The third-order valence-corrected chi connectivity index (χ3v) is 4.73. The summed E-state index contributed by atoms with van der Waals surface area (Å²) in [6.07, 6.45) is 8.35. The van der Waals surface area contributed by atoms with Gasteiger partial charge in [0, 0.05) is 0 Å². The topological polar surface area (TPSA) is 33.0 Å². The minimum absolute atomic E-state index is 0.0127. The average molecular weight is 256 g/mol. The van der Waals surface area contributed by atoms with E-state index < -0.39 is 0 Å². The Labute approximate surface area is 109 Å². The van der Waals surface area contributed by atoms with E-state index >= 15 is 0 Å². The molecule has 0 radical (unpaired) electrons. The number of halogens is 1. The summed E-state index contributed by atoms with van der Waals surface area (Å²) in [5, 5.41) is 9.18. The van der Waals surface area contributed by atoms with Gasteiger partial charge in [0.05, 0.1) is 29.6 Å². The maximum Gasteiger partial charge on any atom is 0.0888 e. The van der Waals surface area contributed by atoms with Gasteiger partial charge >= 0.3 is 0 Å². The van der Waals surface area contributed by atoms with E-state index in [4.69, 9.17) is 16.3 Å². The summed E-state index contributed by atoms with van der Waals surface area (Å²) in [5.74, 6) is 0.735. The van der Waals surface area contributed by atoms with Crippen LogP contribution in [0.25, 0.3) is 0 Å². The molecule has 0 aromatic carbocycles. The number of nitrogens with zero attached hydrogens (tertiary/aromatic N) is 1. The van der Waals surface area contributed by atoms with Crippen LogP contribution in [0.15, 0.2) is 0 Å². The van der Waals surface area contributed by atoms with Crippen LogP contribution < -0.4 is 0 Å². The van der Waals surface area contributed by atoms with Gasteiger partial charge in [-0.1, -0.05) is 6.92 Å². The molecule has 3 unspecified atom stereocenters. The summed E-state index contributed by atoms with van der Waals surface area (Å²) in [7, 11) is 0. The van der Waals surface area contributed by atoms with Gasteiger partial charge in [-0.15, -0.1) is 11.6 Å². The van der Waals surface area contributed by atoms with Crippen molar-refractivity contribution in [3.63, 3.8) is 0 Å². The first-order valence-electron chi connectivity index (χ1n) is 6.90. The third-order valence-electron chi connectivity index (χ3n) is 4.24. The minimum Gasteiger partial charge on any atom is -0.374 e. The monoisotopic (exact) mass is 255 g/mol. The van der Waals surface area contributed by atoms with Gasteiger partial charge in [-0.25, -0.2) is 0 Å². The first kappa shape index (κ1) is 13.2. The van der Waals surface area contributed by atoms with E-state index in [1.165, 1.54) is 12.8 Å². The molecule has 0 aromatic heterocycles. The Hall–Kier alpha value is -0.260. The molecule has 0 saturated heterocycles. The lowest BCUT2D eigenvalue weighted by molar-refractivity contribution is -0.0640. The first-order chi connectivity index (χ1) is 8.20. The summed E-state index contributed by atoms with van der Waals surface area (Å²) in [5.41, 5.74) is 0. The minimum atomic E-state index is -0.107. The van der Waals surface area contributed by atoms with Crippen molar-refractivity contribution in [2.24, 2.45) is 11.8 Å². The molecule has 0 spiro atoms. The van der Waals surface area contributed by atoms with Crippen LogP contribution in [0, 0.1) is 23.2 Å². The van der Waals surface area contributed by atoms with Crippen molar-refractivity contribution in [3.8, 4) is 6.07 Å². The highest BCUT2D eigenvalue weighted by atomic mass is 35.5. The van der Waals surface area contributed by atoms with Crippen molar-refractivity contribution in [2.75, 3.05) is 0 Å². The van der Waals surface area contributed by atoms with Gasteiger partial charge in [0.25, 0.3) is 0 Å². The van der Waals surface area contributed by atoms with Crippen LogP contribution in [0.2, 0.25) is 0 Å². The summed E-state index contributed by atoms with van der Waals surface area (Å²) < 4.78 is 6.15. The van der Waals surface area contributed by atoms with Crippen molar-refractivity contribution < 1.29 is 4.74 Å². The van der Waals surface area contributed by atoms with E-state index in [-0.39, 0.29) is 17.4 Å². The molecule has 2 fully saturated rings. The first-order valence-corrected chi connectivity index (χ1v) is 7.33. The molecule has 0 heterocycles. The van der Waals surface area contributed by atoms with E-state index in [1.54, 1.807) is 0 Å². The van der Waals surface area contributed by atoms with Crippen LogP contribution >= 0.6 is 11.6 Å². The van der Waals surface area contributed by atoms with Crippen LogP contribution in [-0.4, -0.2) is 17.6 Å². The van der Waals surface area contributed by atoms with E-state index in [0.29, 0.717) is 6.10 Å². The SMILES string of the molecule is CC1CCC(OC2CCCC(Cl)C2C#N)CC1. The fourth-order valence-corrected chi connectivity index (χ4v) is 3.41. The van der Waals surface area contributed by atoms with Crippen molar-refractivity contribution in [2.45, 2.75) is 69.5 Å². The molecule has 3 atom stereocenters. The molecule has 96 valence electrons. The fraction of sp³-hybridized carbons (Fsp3) is 0.929. The number of hydrogen-bond acceptors (Lipinski definition) is 2. The fourth-order valence-electron chi connectivity index (χ4n) is 3.04.